The van der Waals surface area contributed by atoms with Crippen LogP contribution in [-0.4, -0.2) is 21.0 Å². The van der Waals surface area contributed by atoms with Crippen molar-refractivity contribution in [3.63, 3.8) is 0 Å². The second kappa shape index (κ2) is 6.00. The normalized spacial score (nSPS) is 7.64. The van der Waals surface area contributed by atoms with E-state index in [2.05, 4.69) is 9.97 Å². The highest BCUT2D eigenvalue weighted by Gasteiger charge is 1.98. The molecule has 1 aromatic rings. The van der Waals surface area contributed by atoms with Crippen molar-refractivity contribution in [2.75, 3.05) is 0 Å². The molecule has 0 aromatic carbocycles. The second-order valence-electron chi connectivity index (χ2n) is 1.65. The number of hydrogen-bond acceptors (Lipinski definition) is 2. The summed E-state index contributed by atoms with van der Waals surface area (Å²) in [6.45, 7) is 0. The summed E-state index contributed by atoms with van der Waals surface area (Å²) in [6, 6.07) is 0. The topological polar surface area (TPSA) is 66.0 Å². The van der Waals surface area contributed by atoms with E-state index in [0.717, 1.165) is 0 Å². The third-order valence-corrected chi connectivity index (χ3v) is 0.897. The molecule has 0 radical (unpaired) electrons. The van der Waals surface area contributed by atoms with E-state index in [1.165, 1.54) is 12.5 Å². The summed E-state index contributed by atoms with van der Waals surface area (Å²) in [6.07, 6.45) is 2.96. The molecule has 0 saturated carbocycles. The Balaban J connectivity index is 0. The van der Waals surface area contributed by atoms with Crippen LogP contribution in [0.25, 0.3) is 0 Å². The van der Waals surface area contributed by atoms with Crippen molar-refractivity contribution < 1.29 is 9.90 Å². The van der Waals surface area contributed by atoms with Gasteiger partial charge >= 0.3 is 5.97 Å². The number of imidazole rings is 1. The summed E-state index contributed by atoms with van der Waals surface area (Å²) >= 11 is 0. The SMILES string of the molecule is Cl.Cl.O=C(O)Cc1cnc[nH]1. The molecule has 0 aliphatic heterocycles. The van der Waals surface area contributed by atoms with E-state index in [1.54, 1.807) is 0 Å². The highest BCUT2D eigenvalue weighted by molar-refractivity contribution is 5.85. The molecule has 0 amide bonds. The molecule has 6 heteroatoms. The Kier molecular flexibility index (Phi) is 7.04. The van der Waals surface area contributed by atoms with Gasteiger partial charge in [-0.3, -0.25) is 4.79 Å². The Morgan fingerprint density at radius 2 is 2.27 bits per heavy atom. The number of aromatic amines is 1. The summed E-state index contributed by atoms with van der Waals surface area (Å²) in [4.78, 5) is 16.4. The first kappa shape index (κ1) is 12.9. The fourth-order valence-electron chi connectivity index (χ4n) is 0.544. The number of hydrogen-bond donors (Lipinski definition) is 2. The van der Waals surface area contributed by atoms with Gasteiger partial charge in [-0.15, -0.1) is 24.8 Å². The molecular formula is C5H8Cl2N2O2. The molecule has 0 aliphatic rings. The predicted molar refractivity (Wildman–Crippen MR) is 44.4 cm³/mol. The predicted octanol–water partition coefficient (Wildman–Crippen LogP) is 0.880. The third-order valence-electron chi connectivity index (χ3n) is 0.897. The Labute approximate surface area is 75.9 Å². The zero-order chi connectivity index (χ0) is 6.69. The van der Waals surface area contributed by atoms with Crippen LogP contribution in [0.15, 0.2) is 12.5 Å². The first-order chi connectivity index (χ1) is 4.29. The van der Waals surface area contributed by atoms with Crippen LogP contribution in [0, 0.1) is 0 Å². The zero-order valence-corrected chi connectivity index (χ0v) is 7.11. The number of aliphatic carboxylic acids is 1. The minimum Gasteiger partial charge on any atom is -0.481 e. The van der Waals surface area contributed by atoms with Crippen LogP contribution in [0.4, 0.5) is 0 Å². The monoisotopic (exact) mass is 198 g/mol. The van der Waals surface area contributed by atoms with Crippen molar-refractivity contribution >= 4 is 30.8 Å². The molecule has 64 valence electrons. The van der Waals surface area contributed by atoms with Gasteiger partial charge in [0, 0.05) is 11.9 Å². The number of rotatable bonds is 2. The lowest BCUT2D eigenvalue weighted by atomic mass is 10.3. The highest BCUT2D eigenvalue weighted by atomic mass is 35.5. The summed E-state index contributed by atoms with van der Waals surface area (Å²) in [7, 11) is 0. The van der Waals surface area contributed by atoms with Gasteiger partial charge in [0.15, 0.2) is 0 Å². The molecule has 2 N–H and O–H groups in total. The van der Waals surface area contributed by atoms with Gasteiger partial charge in [-0.25, -0.2) is 4.98 Å². The van der Waals surface area contributed by atoms with E-state index >= 15 is 0 Å². The fraction of sp³-hybridized carbons (Fsp3) is 0.200. The maximum atomic E-state index is 10.0. The van der Waals surface area contributed by atoms with Crippen LogP contribution < -0.4 is 0 Å². The van der Waals surface area contributed by atoms with Crippen LogP contribution in [0.5, 0.6) is 0 Å². The van der Waals surface area contributed by atoms with E-state index in [0.29, 0.717) is 5.69 Å². The molecule has 1 heterocycles. The molecule has 0 fully saturated rings. The highest BCUT2D eigenvalue weighted by Crippen LogP contribution is 1.90. The minimum atomic E-state index is -0.848. The molecule has 11 heavy (non-hydrogen) atoms. The Hall–Kier alpha value is -0.740. The van der Waals surface area contributed by atoms with Crippen LogP contribution in [0.1, 0.15) is 5.69 Å². The quantitative estimate of drug-likeness (QED) is 0.742. The standard InChI is InChI=1S/C5H6N2O2.2ClH/c8-5(9)1-4-2-6-3-7-4;;/h2-3H,1H2,(H,6,7)(H,8,9);2*1H. The van der Waals surface area contributed by atoms with E-state index in [-0.39, 0.29) is 31.2 Å². The van der Waals surface area contributed by atoms with Crippen molar-refractivity contribution in [1.82, 2.24) is 9.97 Å². The van der Waals surface area contributed by atoms with Gasteiger partial charge in [0.25, 0.3) is 0 Å². The van der Waals surface area contributed by atoms with Gasteiger partial charge < -0.3 is 10.1 Å². The number of nitrogens with zero attached hydrogens (tertiary/aromatic N) is 1. The lowest BCUT2D eigenvalue weighted by Gasteiger charge is -1.85. The van der Waals surface area contributed by atoms with Crippen LogP contribution >= 0.6 is 24.8 Å². The number of carbonyl (C=O) groups is 1. The van der Waals surface area contributed by atoms with Crippen LogP contribution in [0.2, 0.25) is 0 Å². The number of carboxylic acids is 1. The molecule has 0 unspecified atom stereocenters. The molecule has 1 aromatic heterocycles. The molecular weight excluding hydrogens is 191 g/mol. The average Bonchev–Trinajstić information content (AvgIpc) is 2.15. The maximum Gasteiger partial charge on any atom is 0.309 e. The third kappa shape index (κ3) is 4.64. The first-order valence-electron chi connectivity index (χ1n) is 2.48. The lowest BCUT2D eigenvalue weighted by molar-refractivity contribution is -0.136. The van der Waals surface area contributed by atoms with E-state index in [9.17, 15) is 4.79 Å². The van der Waals surface area contributed by atoms with Crippen molar-refractivity contribution in [2.45, 2.75) is 6.42 Å². The summed E-state index contributed by atoms with van der Waals surface area (Å²) < 4.78 is 0. The largest absolute Gasteiger partial charge is 0.481 e. The first-order valence-corrected chi connectivity index (χ1v) is 2.48. The van der Waals surface area contributed by atoms with E-state index in [4.69, 9.17) is 5.11 Å². The number of carboxylic acid groups (broad SMARTS) is 1. The van der Waals surface area contributed by atoms with Crippen molar-refractivity contribution in [3.8, 4) is 0 Å². The Bertz CT molecular complexity index is 200. The fourth-order valence-corrected chi connectivity index (χ4v) is 0.544. The second-order valence-corrected chi connectivity index (χ2v) is 1.65. The molecule has 0 aliphatic carbocycles. The van der Waals surface area contributed by atoms with Gasteiger partial charge in [0.1, 0.15) is 0 Å². The number of H-pyrrole nitrogens is 1. The van der Waals surface area contributed by atoms with Gasteiger partial charge in [-0.2, -0.15) is 0 Å². The van der Waals surface area contributed by atoms with Crippen molar-refractivity contribution in [2.24, 2.45) is 0 Å². The minimum absolute atomic E-state index is 0. The Morgan fingerprint density at radius 3 is 2.64 bits per heavy atom. The van der Waals surface area contributed by atoms with Crippen molar-refractivity contribution in [3.05, 3.63) is 18.2 Å². The number of halogens is 2. The molecule has 0 atom stereocenters. The summed E-state index contributed by atoms with van der Waals surface area (Å²) in [5.41, 5.74) is 0.627. The lowest BCUT2D eigenvalue weighted by Crippen LogP contribution is -1.99. The van der Waals surface area contributed by atoms with Gasteiger partial charge in [0.05, 0.1) is 12.7 Å². The summed E-state index contributed by atoms with van der Waals surface area (Å²) in [5.74, 6) is -0.848. The summed E-state index contributed by atoms with van der Waals surface area (Å²) in [5, 5.41) is 8.24. The van der Waals surface area contributed by atoms with Gasteiger partial charge in [-0.05, 0) is 0 Å². The molecule has 0 spiro atoms. The van der Waals surface area contributed by atoms with E-state index in [1.807, 2.05) is 0 Å². The van der Waals surface area contributed by atoms with E-state index < -0.39 is 5.97 Å². The van der Waals surface area contributed by atoms with Gasteiger partial charge in [-0.1, -0.05) is 0 Å². The van der Waals surface area contributed by atoms with Crippen LogP contribution in [-0.2, 0) is 11.2 Å². The maximum absolute atomic E-state index is 10.0. The molecule has 1 rings (SSSR count). The number of nitrogens with one attached hydrogen (secondary N) is 1. The zero-order valence-electron chi connectivity index (χ0n) is 5.48. The Morgan fingerprint density at radius 1 is 1.64 bits per heavy atom. The number of aromatic nitrogens is 2. The smallest absolute Gasteiger partial charge is 0.309 e. The van der Waals surface area contributed by atoms with Gasteiger partial charge in [0.2, 0.25) is 0 Å². The van der Waals surface area contributed by atoms with Crippen LogP contribution in [0.3, 0.4) is 0 Å². The molecule has 4 nitrogen and oxygen atoms in total. The van der Waals surface area contributed by atoms with Crippen molar-refractivity contribution in [1.29, 1.82) is 0 Å². The molecule has 0 saturated heterocycles. The average molecular weight is 199 g/mol. The molecule has 0 bridgehead atoms.